The van der Waals surface area contributed by atoms with Crippen LogP contribution in [0.25, 0.3) is 0 Å². The molecule has 1 unspecified atom stereocenters. The number of esters is 1. The molecule has 0 aliphatic carbocycles. The van der Waals surface area contributed by atoms with Crippen LogP contribution in [0.3, 0.4) is 0 Å². The normalized spacial score (nSPS) is 11.6. The van der Waals surface area contributed by atoms with Gasteiger partial charge in [0.05, 0.1) is 24.2 Å². The molecule has 0 aliphatic rings. The summed E-state index contributed by atoms with van der Waals surface area (Å²) in [6.07, 6.45) is 0.496. The first-order valence-electron chi connectivity index (χ1n) is 7.47. The second-order valence-electron chi connectivity index (χ2n) is 5.29. The molecule has 118 valence electrons. The monoisotopic (exact) mass is 371 g/mol. The predicted octanol–water partition coefficient (Wildman–Crippen LogP) is 4.52. The Morgan fingerprint density at radius 2 is 2.04 bits per heavy atom. The van der Waals surface area contributed by atoms with E-state index in [2.05, 4.69) is 22.0 Å². The van der Waals surface area contributed by atoms with Gasteiger partial charge in [0.25, 0.3) is 0 Å². The van der Waals surface area contributed by atoms with E-state index in [4.69, 9.17) is 4.74 Å². The van der Waals surface area contributed by atoms with Gasteiger partial charge in [0, 0.05) is 4.47 Å². The fourth-order valence-electron chi connectivity index (χ4n) is 2.60. The summed E-state index contributed by atoms with van der Waals surface area (Å²) in [7, 11) is 0. The van der Waals surface area contributed by atoms with Crippen LogP contribution in [0.15, 0.2) is 46.9 Å². The third-order valence-electron chi connectivity index (χ3n) is 3.69. The zero-order valence-corrected chi connectivity index (χ0v) is 14.8. The zero-order valence-electron chi connectivity index (χ0n) is 13.2. The number of halogens is 1. The number of ether oxygens (including phenoxy) is 1. The molecule has 0 bridgehead atoms. The molecule has 0 N–H and O–H groups in total. The summed E-state index contributed by atoms with van der Waals surface area (Å²) in [5, 5.41) is 9.46. The van der Waals surface area contributed by atoms with E-state index in [0.717, 1.165) is 21.2 Å². The van der Waals surface area contributed by atoms with E-state index in [0.29, 0.717) is 18.6 Å². The Bertz CT molecular complexity index is 749. The van der Waals surface area contributed by atoms with E-state index in [1.54, 1.807) is 6.92 Å². The highest BCUT2D eigenvalue weighted by Crippen LogP contribution is 2.28. The number of carbonyl (C=O) groups excluding carboxylic acids is 1. The Morgan fingerprint density at radius 1 is 1.30 bits per heavy atom. The van der Waals surface area contributed by atoms with E-state index < -0.39 is 5.92 Å². The first-order chi connectivity index (χ1) is 11.1. The molecule has 0 saturated carbocycles. The van der Waals surface area contributed by atoms with Gasteiger partial charge in [-0.15, -0.1) is 0 Å². The van der Waals surface area contributed by atoms with Gasteiger partial charge in [-0.05, 0) is 49.1 Å². The van der Waals surface area contributed by atoms with Crippen molar-refractivity contribution < 1.29 is 9.53 Å². The van der Waals surface area contributed by atoms with E-state index in [9.17, 15) is 10.1 Å². The van der Waals surface area contributed by atoms with E-state index in [1.807, 2.05) is 49.4 Å². The quantitative estimate of drug-likeness (QED) is 0.726. The van der Waals surface area contributed by atoms with Crippen molar-refractivity contribution >= 4 is 21.9 Å². The van der Waals surface area contributed by atoms with Crippen molar-refractivity contribution in [2.24, 2.45) is 0 Å². The summed E-state index contributed by atoms with van der Waals surface area (Å²) in [6.45, 7) is 3.99. The molecule has 0 saturated heterocycles. The molecule has 0 radical (unpaired) electrons. The second kappa shape index (κ2) is 7.94. The molecule has 0 fully saturated rings. The molecule has 2 aromatic carbocycles. The predicted molar refractivity (Wildman–Crippen MR) is 93.1 cm³/mol. The molecule has 0 aliphatic heterocycles. The van der Waals surface area contributed by atoms with Crippen LogP contribution in [0.1, 0.15) is 35.1 Å². The molecule has 3 nitrogen and oxygen atoms in total. The lowest BCUT2D eigenvalue weighted by Gasteiger charge is -2.18. The van der Waals surface area contributed by atoms with Crippen LogP contribution in [0, 0.1) is 18.3 Å². The van der Waals surface area contributed by atoms with E-state index >= 15 is 0 Å². The molecule has 0 aromatic heterocycles. The van der Waals surface area contributed by atoms with Crippen molar-refractivity contribution in [3.63, 3.8) is 0 Å². The number of nitrogens with zero attached hydrogens (tertiary/aromatic N) is 1. The van der Waals surface area contributed by atoms with Crippen LogP contribution in [0.5, 0.6) is 0 Å². The highest BCUT2D eigenvalue weighted by Gasteiger charge is 2.25. The lowest BCUT2D eigenvalue weighted by molar-refractivity contribution is -0.144. The summed E-state index contributed by atoms with van der Waals surface area (Å²) in [5.74, 6) is -0.784. The smallest absolute Gasteiger partial charge is 0.313 e. The second-order valence-corrected chi connectivity index (χ2v) is 6.21. The van der Waals surface area contributed by atoms with Crippen LogP contribution < -0.4 is 0 Å². The molecule has 1 atom stereocenters. The zero-order chi connectivity index (χ0) is 16.8. The Balaban J connectivity index is 2.45. The number of carbonyl (C=O) groups is 1. The standard InChI is InChI=1S/C19H18BrNO2/c1-3-23-19(22)17(11-14-7-5-8-15(20)10-14)16-9-4-6-13(2)18(16)12-21/h4-10,17H,3,11H2,1-2H3. The Labute approximate surface area is 145 Å². The van der Waals surface area contributed by atoms with Gasteiger partial charge in [-0.3, -0.25) is 4.79 Å². The summed E-state index contributed by atoms with van der Waals surface area (Å²) in [4.78, 5) is 12.5. The molecule has 2 rings (SSSR count). The molecular formula is C19H18BrNO2. The summed E-state index contributed by atoms with van der Waals surface area (Å²) < 4.78 is 6.20. The van der Waals surface area contributed by atoms with Crippen LogP contribution in [-0.2, 0) is 16.0 Å². The summed E-state index contributed by atoms with van der Waals surface area (Å²) in [5.41, 5.74) is 3.17. The minimum Gasteiger partial charge on any atom is -0.466 e. The maximum atomic E-state index is 12.5. The first kappa shape index (κ1) is 17.2. The highest BCUT2D eigenvalue weighted by atomic mass is 79.9. The number of hydrogen-bond acceptors (Lipinski definition) is 3. The van der Waals surface area contributed by atoms with Gasteiger partial charge in [-0.1, -0.05) is 46.3 Å². The van der Waals surface area contributed by atoms with Crippen LogP contribution in [-0.4, -0.2) is 12.6 Å². The Hall–Kier alpha value is -2.12. The van der Waals surface area contributed by atoms with Crippen molar-refractivity contribution in [3.05, 3.63) is 69.2 Å². The minimum atomic E-state index is -0.487. The molecule has 0 spiro atoms. The average Bonchev–Trinajstić information content (AvgIpc) is 2.52. The first-order valence-corrected chi connectivity index (χ1v) is 8.26. The maximum absolute atomic E-state index is 12.5. The average molecular weight is 372 g/mol. The lowest BCUT2D eigenvalue weighted by Crippen LogP contribution is -2.19. The van der Waals surface area contributed by atoms with Gasteiger partial charge in [0.2, 0.25) is 0 Å². The van der Waals surface area contributed by atoms with Crippen LogP contribution in [0.4, 0.5) is 0 Å². The van der Waals surface area contributed by atoms with Crippen molar-refractivity contribution in [2.75, 3.05) is 6.61 Å². The number of benzene rings is 2. The summed E-state index contributed by atoms with van der Waals surface area (Å²) >= 11 is 3.45. The van der Waals surface area contributed by atoms with Gasteiger partial charge in [0.1, 0.15) is 0 Å². The van der Waals surface area contributed by atoms with Gasteiger partial charge >= 0.3 is 5.97 Å². The lowest BCUT2D eigenvalue weighted by atomic mass is 9.87. The fraction of sp³-hybridized carbons (Fsp3) is 0.263. The highest BCUT2D eigenvalue weighted by molar-refractivity contribution is 9.10. The van der Waals surface area contributed by atoms with Crippen molar-refractivity contribution in [1.82, 2.24) is 0 Å². The van der Waals surface area contributed by atoms with Crippen molar-refractivity contribution in [2.45, 2.75) is 26.2 Å². The number of aryl methyl sites for hydroxylation is 1. The fourth-order valence-corrected chi connectivity index (χ4v) is 3.04. The number of rotatable bonds is 5. The van der Waals surface area contributed by atoms with Crippen molar-refractivity contribution in [1.29, 1.82) is 5.26 Å². The molecule has 4 heteroatoms. The molecular weight excluding hydrogens is 354 g/mol. The SMILES string of the molecule is CCOC(=O)C(Cc1cccc(Br)c1)c1cccc(C)c1C#N. The third kappa shape index (κ3) is 4.20. The third-order valence-corrected chi connectivity index (χ3v) is 4.19. The number of hydrogen-bond donors (Lipinski definition) is 0. The van der Waals surface area contributed by atoms with E-state index in [-0.39, 0.29) is 5.97 Å². The van der Waals surface area contributed by atoms with Gasteiger partial charge in [-0.25, -0.2) is 0 Å². The topological polar surface area (TPSA) is 50.1 Å². The van der Waals surface area contributed by atoms with Crippen LogP contribution >= 0.6 is 15.9 Å². The molecule has 23 heavy (non-hydrogen) atoms. The molecule has 0 heterocycles. The van der Waals surface area contributed by atoms with Crippen molar-refractivity contribution in [3.8, 4) is 6.07 Å². The number of nitriles is 1. The van der Waals surface area contributed by atoms with Crippen LogP contribution in [0.2, 0.25) is 0 Å². The Morgan fingerprint density at radius 3 is 2.70 bits per heavy atom. The summed E-state index contributed by atoms with van der Waals surface area (Å²) in [6, 6.07) is 15.6. The van der Waals surface area contributed by atoms with Gasteiger partial charge in [-0.2, -0.15) is 5.26 Å². The molecule has 0 amide bonds. The van der Waals surface area contributed by atoms with E-state index in [1.165, 1.54) is 0 Å². The van der Waals surface area contributed by atoms with Gasteiger partial charge in [0.15, 0.2) is 0 Å². The molecule has 2 aromatic rings. The Kier molecular flexibility index (Phi) is 5.95. The minimum absolute atomic E-state index is 0.297. The maximum Gasteiger partial charge on any atom is 0.313 e. The van der Waals surface area contributed by atoms with Gasteiger partial charge < -0.3 is 4.74 Å². The largest absolute Gasteiger partial charge is 0.466 e.